The third-order valence-corrected chi connectivity index (χ3v) is 2.59. The molecule has 1 aromatic rings. The highest BCUT2D eigenvalue weighted by molar-refractivity contribution is 5.21. The fraction of sp³-hybridized carbons (Fsp3) is 0.500. The number of allylic oxidation sites excluding steroid dienone is 1. The highest BCUT2D eigenvalue weighted by atomic mass is 16.1. The third kappa shape index (κ3) is 1.34. The van der Waals surface area contributed by atoms with E-state index in [1.807, 2.05) is 10.8 Å². The molecule has 1 aliphatic rings. The minimum absolute atomic E-state index is 0.0940. The first-order valence-corrected chi connectivity index (χ1v) is 4.74. The Balaban J connectivity index is 2.47. The number of aromatic nitrogens is 2. The van der Waals surface area contributed by atoms with Crippen molar-refractivity contribution in [2.75, 3.05) is 0 Å². The zero-order valence-corrected chi connectivity index (χ0v) is 7.68. The molecule has 0 amide bonds. The topological polar surface area (TPSA) is 37.8 Å². The normalized spacial score (nSPS) is 15.4. The van der Waals surface area contributed by atoms with Crippen LogP contribution in [0.25, 0.3) is 0 Å². The number of aromatic amines is 1. The smallest absolute Gasteiger partial charge is 0.267 e. The van der Waals surface area contributed by atoms with Gasteiger partial charge in [-0.05, 0) is 25.7 Å². The number of fused-ring (bicyclic) bond motifs is 1. The average molecular weight is 178 g/mol. The van der Waals surface area contributed by atoms with E-state index in [-0.39, 0.29) is 5.56 Å². The van der Waals surface area contributed by atoms with Gasteiger partial charge in [-0.15, -0.1) is 6.58 Å². The van der Waals surface area contributed by atoms with Gasteiger partial charge < -0.3 is 0 Å². The van der Waals surface area contributed by atoms with Crippen molar-refractivity contribution in [2.24, 2.45) is 0 Å². The molecule has 3 nitrogen and oxygen atoms in total. The summed E-state index contributed by atoms with van der Waals surface area (Å²) >= 11 is 0. The van der Waals surface area contributed by atoms with E-state index in [9.17, 15) is 4.79 Å². The molecule has 0 aliphatic heterocycles. The van der Waals surface area contributed by atoms with Crippen LogP contribution in [0.4, 0.5) is 0 Å². The van der Waals surface area contributed by atoms with Crippen LogP contribution in [-0.2, 0) is 19.4 Å². The molecule has 1 aromatic heterocycles. The molecule has 13 heavy (non-hydrogen) atoms. The lowest BCUT2D eigenvalue weighted by Crippen LogP contribution is -2.10. The summed E-state index contributed by atoms with van der Waals surface area (Å²) in [7, 11) is 0. The van der Waals surface area contributed by atoms with Crippen LogP contribution in [0.15, 0.2) is 17.4 Å². The van der Waals surface area contributed by atoms with Crippen molar-refractivity contribution >= 4 is 0 Å². The SMILES string of the molecule is C=CCn1[nH]c(=O)c2c1CCCC2. The lowest BCUT2D eigenvalue weighted by atomic mass is 9.98. The minimum Gasteiger partial charge on any atom is -0.285 e. The molecule has 0 radical (unpaired) electrons. The molecule has 1 heterocycles. The fourth-order valence-electron chi connectivity index (χ4n) is 1.97. The van der Waals surface area contributed by atoms with E-state index in [2.05, 4.69) is 11.7 Å². The van der Waals surface area contributed by atoms with Gasteiger partial charge in [-0.3, -0.25) is 14.6 Å². The van der Waals surface area contributed by atoms with Crippen LogP contribution in [-0.4, -0.2) is 9.78 Å². The second kappa shape index (κ2) is 3.24. The van der Waals surface area contributed by atoms with Crippen molar-refractivity contribution in [1.29, 1.82) is 0 Å². The van der Waals surface area contributed by atoms with Crippen molar-refractivity contribution in [1.82, 2.24) is 9.78 Å². The van der Waals surface area contributed by atoms with E-state index < -0.39 is 0 Å². The summed E-state index contributed by atoms with van der Waals surface area (Å²) in [6.45, 7) is 4.38. The maximum absolute atomic E-state index is 11.4. The fourth-order valence-corrected chi connectivity index (χ4v) is 1.97. The van der Waals surface area contributed by atoms with Crippen LogP contribution in [0.1, 0.15) is 24.1 Å². The molecule has 0 aromatic carbocycles. The standard InChI is InChI=1S/C10H14N2O/c1-2-7-12-9-6-4-3-5-8(9)10(13)11-12/h2H,1,3-7H2,(H,11,13). The summed E-state index contributed by atoms with van der Waals surface area (Å²) in [5.74, 6) is 0. The Hall–Kier alpha value is -1.25. The third-order valence-electron chi connectivity index (χ3n) is 2.59. The molecule has 70 valence electrons. The van der Waals surface area contributed by atoms with Crippen LogP contribution >= 0.6 is 0 Å². The average Bonchev–Trinajstić information content (AvgIpc) is 2.46. The number of nitrogens with zero attached hydrogens (tertiary/aromatic N) is 1. The van der Waals surface area contributed by atoms with Gasteiger partial charge in [0.15, 0.2) is 0 Å². The summed E-state index contributed by atoms with van der Waals surface area (Å²) in [6, 6.07) is 0. The predicted molar refractivity (Wildman–Crippen MR) is 51.9 cm³/mol. The quantitative estimate of drug-likeness (QED) is 0.680. The highest BCUT2D eigenvalue weighted by Gasteiger charge is 2.17. The molecule has 1 aliphatic carbocycles. The maximum atomic E-state index is 11.4. The second-order valence-electron chi connectivity index (χ2n) is 3.47. The predicted octanol–water partition coefficient (Wildman–Crippen LogP) is 1.24. The Bertz CT molecular complexity index is 373. The lowest BCUT2D eigenvalue weighted by molar-refractivity contribution is 0.601. The van der Waals surface area contributed by atoms with Gasteiger partial charge in [0.1, 0.15) is 0 Å². The van der Waals surface area contributed by atoms with Crippen molar-refractivity contribution in [3.63, 3.8) is 0 Å². The first-order chi connectivity index (χ1) is 6.33. The van der Waals surface area contributed by atoms with E-state index >= 15 is 0 Å². The van der Waals surface area contributed by atoms with Gasteiger partial charge in [-0.25, -0.2) is 0 Å². The summed E-state index contributed by atoms with van der Waals surface area (Å²) in [5.41, 5.74) is 2.28. The van der Waals surface area contributed by atoms with Crippen LogP contribution in [0.3, 0.4) is 0 Å². The van der Waals surface area contributed by atoms with Crippen LogP contribution in [0.5, 0.6) is 0 Å². The first kappa shape index (κ1) is 8.35. The van der Waals surface area contributed by atoms with Gasteiger partial charge in [0.25, 0.3) is 5.56 Å². The Morgan fingerprint density at radius 1 is 1.46 bits per heavy atom. The van der Waals surface area contributed by atoms with E-state index in [1.54, 1.807) is 0 Å². The van der Waals surface area contributed by atoms with Gasteiger partial charge in [-0.2, -0.15) is 0 Å². The summed E-state index contributed by atoms with van der Waals surface area (Å²) in [6.07, 6.45) is 6.12. The van der Waals surface area contributed by atoms with Gasteiger partial charge in [0.2, 0.25) is 0 Å². The van der Waals surface area contributed by atoms with Crippen LogP contribution in [0, 0.1) is 0 Å². The minimum atomic E-state index is 0.0940. The second-order valence-corrected chi connectivity index (χ2v) is 3.47. The van der Waals surface area contributed by atoms with Crippen molar-refractivity contribution in [3.05, 3.63) is 34.3 Å². The molecular formula is C10H14N2O. The van der Waals surface area contributed by atoms with Gasteiger partial charge >= 0.3 is 0 Å². The summed E-state index contributed by atoms with van der Waals surface area (Å²) in [5, 5.41) is 2.85. The van der Waals surface area contributed by atoms with Crippen molar-refractivity contribution in [3.8, 4) is 0 Å². The van der Waals surface area contributed by atoms with Crippen LogP contribution < -0.4 is 5.56 Å². The molecule has 0 spiro atoms. The maximum Gasteiger partial charge on any atom is 0.267 e. The van der Waals surface area contributed by atoms with E-state index in [0.29, 0.717) is 6.54 Å². The highest BCUT2D eigenvalue weighted by Crippen LogP contribution is 2.17. The molecule has 0 fully saturated rings. The molecule has 0 saturated carbocycles. The van der Waals surface area contributed by atoms with Gasteiger partial charge in [0, 0.05) is 11.3 Å². The monoisotopic (exact) mass is 178 g/mol. The molecule has 0 unspecified atom stereocenters. The summed E-state index contributed by atoms with van der Waals surface area (Å²) in [4.78, 5) is 11.4. The zero-order chi connectivity index (χ0) is 9.26. The number of rotatable bonds is 2. The van der Waals surface area contributed by atoms with Crippen molar-refractivity contribution < 1.29 is 0 Å². The van der Waals surface area contributed by atoms with Crippen LogP contribution in [0.2, 0.25) is 0 Å². The number of nitrogens with one attached hydrogen (secondary N) is 1. The lowest BCUT2D eigenvalue weighted by Gasteiger charge is -2.12. The molecule has 2 rings (SSSR count). The molecule has 0 bridgehead atoms. The Kier molecular flexibility index (Phi) is 2.08. The van der Waals surface area contributed by atoms with Crippen molar-refractivity contribution in [2.45, 2.75) is 32.2 Å². The van der Waals surface area contributed by atoms with E-state index in [0.717, 1.165) is 24.8 Å². The Morgan fingerprint density at radius 2 is 2.23 bits per heavy atom. The van der Waals surface area contributed by atoms with Gasteiger partial charge in [0.05, 0.1) is 6.54 Å². The first-order valence-electron chi connectivity index (χ1n) is 4.74. The van der Waals surface area contributed by atoms with Gasteiger partial charge in [-0.1, -0.05) is 6.08 Å². The Labute approximate surface area is 77.1 Å². The summed E-state index contributed by atoms with van der Waals surface area (Å²) < 4.78 is 1.92. The largest absolute Gasteiger partial charge is 0.285 e. The number of hydrogen-bond donors (Lipinski definition) is 1. The molecule has 1 N–H and O–H groups in total. The molecule has 0 atom stereocenters. The number of H-pyrrole nitrogens is 1. The van der Waals surface area contributed by atoms with E-state index in [4.69, 9.17) is 0 Å². The number of hydrogen-bond acceptors (Lipinski definition) is 1. The van der Waals surface area contributed by atoms with E-state index in [1.165, 1.54) is 12.1 Å². The molecule has 0 saturated heterocycles. The molecule has 3 heteroatoms. The zero-order valence-electron chi connectivity index (χ0n) is 7.68. The molecular weight excluding hydrogens is 164 g/mol. The Morgan fingerprint density at radius 3 is 3.00 bits per heavy atom.